The van der Waals surface area contributed by atoms with E-state index < -0.39 is 0 Å². The zero-order valence-electron chi connectivity index (χ0n) is 10.4. The normalized spacial score (nSPS) is 26.6. The molecule has 1 aliphatic heterocycles. The van der Waals surface area contributed by atoms with Crippen LogP contribution in [0.5, 0.6) is 0 Å². The van der Waals surface area contributed by atoms with Crippen molar-refractivity contribution < 1.29 is 5.11 Å². The molecular weight excluding hydrogens is 188 g/mol. The fraction of sp³-hybridized carbons (Fsp3) is 1.00. The number of likely N-dealkylation sites (tertiary alicyclic amines) is 1. The minimum Gasteiger partial charge on any atom is -0.392 e. The molecule has 0 radical (unpaired) electrons. The van der Waals surface area contributed by atoms with Crippen LogP contribution in [-0.2, 0) is 0 Å². The van der Waals surface area contributed by atoms with E-state index in [2.05, 4.69) is 24.1 Å². The Morgan fingerprint density at radius 3 is 2.60 bits per heavy atom. The first-order valence-corrected chi connectivity index (χ1v) is 6.25. The summed E-state index contributed by atoms with van der Waals surface area (Å²) < 4.78 is 0. The SMILES string of the molecule is CC(O)CNC1CCCN(C(C)C)CC1. The molecule has 0 aromatic rings. The zero-order valence-corrected chi connectivity index (χ0v) is 10.4. The Hall–Kier alpha value is -0.120. The summed E-state index contributed by atoms with van der Waals surface area (Å²) in [4.78, 5) is 2.55. The van der Waals surface area contributed by atoms with Gasteiger partial charge in [-0.25, -0.2) is 0 Å². The number of hydrogen-bond acceptors (Lipinski definition) is 3. The maximum atomic E-state index is 9.22. The number of aliphatic hydroxyl groups is 1. The Morgan fingerprint density at radius 1 is 1.27 bits per heavy atom. The standard InChI is InChI=1S/C12H26N2O/c1-10(2)14-7-4-5-12(6-8-14)13-9-11(3)15/h10-13,15H,4-9H2,1-3H3. The number of nitrogens with zero attached hydrogens (tertiary/aromatic N) is 1. The third-order valence-electron chi connectivity index (χ3n) is 3.19. The first kappa shape index (κ1) is 12.9. The highest BCUT2D eigenvalue weighted by atomic mass is 16.3. The quantitative estimate of drug-likeness (QED) is 0.738. The predicted octanol–water partition coefficient (Wildman–Crippen LogP) is 1.22. The summed E-state index contributed by atoms with van der Waals surface area (Å²) in [6.45, 7) is 9.52. The Kier molecular flexibility index (Phi) is 5.58. The van der Waals surface area contributed by atoms with Gasteiger partial charge < -0.3 is 15.3 Å². The molecule has 0 aromatic heterocycles. The lowest BCUT2D eigenvalue weighted by molar-refractivity contribution is 0.183. The molecule has 90 valence electrons. The molecule has 1 fully saturated rings. The molecule has 0 aliphatic carbocycles. The van der Waals surface area contributed by atoms with Crippen LogP contribution in [0.1, 0.15) is 40.0 Å². The van der Waals surface area contributed by atoms with Crippen LogP contribution in [0.3, 0.4) is 0 Å². The second-order valence-electron chi connectivity index (χ2n) is 5.01. The van der Waals surface area contributed by atoms with Gasteiger partial charge in [0.15, 0.2) is 0 Å². The summed E-state index contributed by atoms with van der Waals surface area (Å²) in [7, 11) is 0. The fourth-order valence-electron chi connectivity index (χ4n) is 2.18. The lowest BCUT2D eigenvalue weighted by Crippen LogP contribution is -2.36. The van der Waals surface area contributed by atoms with Crippen LogP contribution >= 0.6 is 0 Å². The highest BCUT2D eigenvalue weighted by molar-refractivity contribution is 4.76. The fourth-order valence-corrected chi connectivity index (χ4v) is 2.18. The smallest absolute Gasteiger partial charge is 0.0636 e. The van der Waals surface area contributed by atoms with Gasteiger partial charge in [0.2, 0.25) is 0 Å². The van der Waals surface area contributed by atoms with Gasteiger partial charge in [-0.3, -0.25) is 0 Å². The second-order valence-corrected chi connectivity index (χ2v) is 5.01. The minimum atomic E-state index is -0.227. The number of aliphatic hydroxyl groups excluding tert-OH is 1. The van der Waals surface area contributed by atoms with Crippen molar-refractivity contribution in [3.63, 3.8) is 0 Å². The summed E-state index contributed by atoms with van der Waals surface area (Å²) in [5.41, 5.74) is 0. The molecule has 0 amide bonds. The molecule has 2 atom stereocenters. The van der Waals surface area contributed by atoms with E-state index in [-0.39, 0.29) is 6.10 Å². The molecule has 15 heavy (non-hydrogen) atoms. The van der Waals surface area contributed by atoms with Gasteiger partial charge in [-0.05, 0) is 53.1 Å². The minimum absolute atomic E-state index is 0.227. The molecule has 1 rings (SSSR count). The molecule has 3 nitrogen and oxygen atoms in total. The Morgan fingerprint density at radius 2 is 2.00 bits per heavy atom. The molecule has 0 bridgehead atoms. The van der Waals surface area contributed by atoms with E-state index in [1.165, 1.54) is 32.4 Å². The second kappa shape index (κ2) is 6.46. The zero-order chi connectivity index (χ0) is 11.3. The van der Waals surface area contributed by atoms with Crippen molar-refractivity contribution in [2.75, 3.05) is 19.6 Å². The first-order valence-electron chi connectivity index (χ1n) is 6.25. The van der Waals surface area contributed by atoms with E-state index in [4.69, 9.17) is 0 Å². The first-order chi connectivity index (χ1) is 7.09. The van der Waals surface area contributed by atoms with Crippen molar-refractivity contribution in [2.45, 2.75) is 58.2 Å². The monoisotopic (exact) mass is 214 g/mol. The van der Waals surface area contributed by atoms with Gasteiger partial charge >= 0.3 is 0 Å². The lowest BCUT2D eigenvalue weighted by Gasteiger charge is -2.24. The summed E-state index contributed by atoms with van der Waals surface area (Å²) in [5.74, 6) is 0. The van der Waals surface area contributed by atoms with Crippen molar-refractivity contribution in [1.29, 1.82) is 0 Å². The number of hydrogen-bond donors (Lipinski definition) is 2. The summed E-state index contributed by atoms with van der Waals surface area (Å²) in [5, 5.41) is 12.7. The van der Waals surface area contributed by atoms with Crippen LogP contribution < -0.4 is 5.32 Å². The van der Waals surface area contributed by atoms with Crippen LogP contribution in [0.25, 0.3) is 0 Å². The van der Waals surface area contributed by atoms with E-state index in [0.29, 0.717) is 12.1 Å². The van der Waals surface area contributed by atoms with Gasteiger partial charge in [-0.15, -0.1) is 0 Å². The molecule has 3 heteroatoms. The van der Waals surface area contributed by atoms with Crippen molar-refractivity contribution in [2.24, 2.45) is 0 Å². The molecule has 0 saturated carbocycles. The van der Waals surface area contributed by atoms with E-state index in [0.717, 1.165) is 6.54 Å². The number of rotatable bonds is 4. The lowest BCUT2D eigenvalue weighted by atomic mass is 10.1. The van der Waals surface area contributed by atoms with Crippen molar-refractivity contribution >= 4 is 0 Å². The van der Waals surface area contributed by atoms with Gasteiger partial charge in [-0.1, -0.05) is 0 Å². The van der Waals surface area contributed by atoms with Gasteiger partial charge in [0.05, 0.1) is 6.10 Å². The molecular formula is C12H26N2O. The molecule has 0 spiro atoms. The molecule has 1 saturated heterocycles. The van der Waals surface area contributed by atoms with Crippen LogP contribution in [0.15, 0.2) is 0 Å². The third kappa shape index (κ3) is 4.96. The Balaban J connectivity index is 2.26. The molecule has 2 N–H and O–H groups in total. The van der Waals surface area contributed by atoms with Gasteiger partial charge in [0.25, 0.3) is 0 Å². The van der Waals surface area contributed by atoms with Gasteiger partial charge in [-0.2, -0.15) is 0 Å². The third-order valence-corrected chi connectivity index (χ3v) is 3.19. The Labute approximate surface area is 93.9 Å². The van der Waals surface area contributed by atoms with E-state index in [9.17, 15) is 5.11 Å². The van der Waals surface area contributed by atoms with E-state index in [1.807, 2.05) is 6.92 Å². The van der Waals surface area contributed by atoms with Gasteiger partial charge in [0, 0.05) is 18.6 Å². The van der Waals surface area contributed by atoms with E-state index >= 15 is 0 Å². The summed E-state index contributed by atoms with van der Waals surface area (Å²) in [6, 6.07) is 1.27. The topological polar surface area (TPSA) is 35.5 Å². The number of nitrogens with one attached hydrogen (secondary N) is 1. The molecule has 0 aromatic carbocycles. The van der Waals surface area contributed by atoms with Crippen molar-refractivity contribution in [3.8, 4) is 0 Å². The average Bonchev–Trinajstić information content (AvgIpc) is 2.39. The van der Waals surface area contributed by atoms with Crippen LogP contribution in [0.2, 0.25) is 0 Å². The average molecular weight is 214 g/mol. The van der Waals surface area contributed by atoms with Gasteiger partial charge in [0.1, 0.15) is 0 Å². The van der Waals surface area contributed by atoms with Crippen LogP contribution in [-0.4, -0.2) is 47.8 Å². The molecule has 2 unspecified atom stereocenters. The summed E-state index contributed by atoms with van der Waals surface area (Å²) in [6.07, 6.45) is 3.51. The van der Waals surface area contributed by atoms with Crippen molar-refractivity contribution in [1.82, 2.24) is 10.2 Å². The van der Waals surface area contributed by atoms with Crippen molar-refractivity contribution in [3.05, 3.63) is 0 Å². The summed E-state index contributed by atoms with van der Waals surface area (Å²) >= 11 is 0. The van der Waals surface area contributed by atoms with Crippen LogP contribution in [0.4, 0.5) is 0 Å². The maximum absolute atomic E-state index is 9.22. The Bertz CT molecular complexity index is 171. The van der Waals surface area contributed by atoms with Crippen LogP contribution in [0, 0.1) is 0 Å². The van der Waals surface area contributed by atoms with E-state index in [1.54, 1.807) is 0 Å². The highest BCUT2D eigenvalue weighted by Gasteiger charge is 2.18. The largest absolute Gasteiger partial charge is 0.392 e. The highest BCUT2D eigenvalue weighted by Crippen LogP contribution is 2.13. The molecule has 1 aliphatic rings. The predicted molar refractivity (Wildman–Crippen MR) is 64.0 cm³/mol. The molecule has 1 heterocycles. The maximum Gasteiger partial charge on any atom is 0.0636 e.